The van der Waals surface area contributed by atoms with Gasteiger partial charge < -0.3 is 0 Å². The van der Waals surface area contributed by atoms with E-state index in [0.29, 0.717) is 5.78 Å². The maximum absolute atomic E-state index is 11.6. The van der Waals surface area contributed by atoms with Gasteiger partial charge in [-0.15, -0.1) is 0 Å². The fourth-order valence-corrected chi connectivity index (χ4v) is 5.46. The zero-order valence-electron chi connectivity index (χ0n) is 14.5. The minimum Gasteiger partial charge on any atom is -0.295 e. The Morgan fingerprint density at radius 1 is 0.909 bits per heavy atom. The molecule has 3 rings (SSSR count). The van der Waals surface area contributed by atoms with Crippen molar-refractivity contribution in [3.8, 4) is 0 Å². The van der Waals surface area contributed by atoms with Crippen molar-refractivity contribution >= 4 is 5.78 Å². The Morgan fingerprint density at radius 3 is 2.14 bits per heavy atom. The zero-order chi connectivity index (χ0) is 15.4. The fourth-order valence-electron chi connectivity index (χ4n) is 5.46. The summed E-state index contributed by atoms with van der Waals surface area (Å²) < 4.78 is 0. The van der Waals surface area contributed by atoms with E-state index in [4.69, 9.17) is 0 Å². The quantitative estimate of drug-likeness (QED) is 0.615. The minimum absolute atomic E-state index is 0.387. The predicted octanol–water partition coefficient (Wildman–Crippen LogP) is 6.08. The normalized spacial score (nSPS) is 37.0. The molecule has 0 saturated heterocycles. The molecular weight excluding hydrogens is 268 g/mol. The van der Waals surface area contributed by atoms with Gasteiger partial charge in [-0.25, -0.2) is 0 Å². The molecule has 0 aliphatic heterocycles. The Morgan fingerprint density at radius 2 is 1.55 bits per heavy atom. The summed E-state index contributed by atoms with van der Waals surface area (Å²) in [6.07, 6.45) is 19.5. The third-order valence-corrected chi connectivity index (χ3v) is 6.79. The van der Waals surface area contributed by atoms with Gasteiger partial charge in [-0.3, -0.25) is 4.79 Å². The Hall–Kier alpha value is -0.590. The molecule has 0 spiro atoms. The average molecular weight is 303 g/mol. The van der Waals surface area contributed by atoms with Crippen LogP contribution in [0.5, 0.6) is 0 Å². The van der Waals surface area contributed by atoms with Crippen molar-refractivity contribution in [1.82, 2.24) is 0 Å². The van der Waals surface area contributed by atoms with Crippen molar-refractivity contribution in [3.05, 3.63) is 11.6 Å². The molecule has 0 amide bonds. The van der Waals surface area contributed by atoms with Crippen LogP contribution in [0.4, 0.5) is 0 Å². The van der Waals surface area contributed by atoms with E-state index in [2.05, 4.69) is 6.92 Å². The molecule has 0 aromatic rings. The Bertz CT molecular complexity index is 392. The molecule has 2 fully saturated rings. The Labute approximate surface area is 136 Å². The number of carbonyl (C=O) groups is 1. The first-order chi connectivity index (χ1) is 10.8. The van der Waals surface area contributed by atoms with Crippen LogP contribution in [0.1, 0.15) is 90.4 Å². The number of carbonyl (C=O) groups excluding carboxylic acids is 1. The van der Waals surface area contributed by atoms with E-state index in [1.165, 1.54) is 76.2 Å². The highest BCUT2D eigenvalue weighted by Crippen LogP contribution is 2.44. The van der Waals surface area contributed by atoms with Crippen LogP contribution in [-0.4, -0.2) is 5.78 Å². The van der Waals surface area contributed by atoms with Gasteiger partial charge in [0.2, 0.25) is 0 Å². The van der Waals surface area contributed by atoms with Crippen molar-refractivity contribution in [3.63, 3.8) is 0 Å². The average Bonchev–Trinajstić information content (AvgIpc) is 2.56. The molecule has 0 unspecified atom stereocenters. The van der Waals surface area contributed by atoms with Gasteiger partial charge >= 0.3 is 0 Å². The van der Waals surface area contributed by atoms with E-state index in [-0.39, 0.29) is 0 Å². The largest absolute Gasteiger partial charge is 0.295 e. The maximum Gasteiger partial charge on any atom is 0.155 e. The number of allylic oxidation sites excluding steroid dienone is 2. The Balaban J connectivity index is 1.45. The molecule has 3 aliphatic carbocycles. The first kappa shape index (κ1) is 16.3. The molecule has 124 valence electrons. The lowest BCUT2D eigenvalue weighted by atomic mass is 9.67. The highest BCUT2D eigenvalue weighted by molar-refractivity contribution is 5.91. The van der Waals surface area contributed by atoms with Crippen LogP contribution < -0.4 is 0 Å². The zero-order valence-corrected chi connectivity index (χ0v) is 14.5. The second kappa shape index (κ2) is 7.79. The SMILES string of the molecule is CCC[C@H]1CC[C@H](C2CCC(C3=CC(=O)CCC3)CC2)CC1. The van der Waals surface area contributed by atoms with Crippen LogP contribution in [0, 0.1) is 23.7 Å². The van der Waals surface area contributed by atoms with E-state index < -0.39 is 0 Å². The number of hydrogen-bond donors (Lipinski definition) is 0. The van der Waals surface area contributed by atoms with Crippen LogP contribution >= 0.6 is 0 Å². The van der Waals surface area contributed by atoms with Crippen molar-refractivity contribution in [2.24, 2.45) is 23.7 Å². The highest BCUT2D eigenvalue weighted by Gasteiger charge is 2.32. The summed E-state index contributed by atoms with van der Waals surface area (Å²) in [7, 11) is 0. The predicted molar refractivity (Wildman–Crippen MR) is 92.7 cm³/mol. The molecule has 0 atom stereocenters. The first-order valence-corrected chi connectivity index (χ1v) is 9.99. The van der Waals surface area contributed by atoms with E-state index in [1.54, 1.807) is 0 Å². The molecule has 0 aromatic carbocycles. The lowest BCUT2D eigenvalue weighted by molar-refractivity contribution is -0.115. The number of hydrogen-bond acceptors (Lipinski definition) is 1. The monoisotopic (exact) mass is 302 g/mol. The summed E-state index contributed by atoms with van der Waals surface area (Å²) in [6, 6.07) is 0. The number of ketones is 1. The summed E-state index contributed by atoms with van der Waals surface area (Å²) in [4.78, 5) is 11.6. The molecule has 0 aromatic heterocycles. The third-order valence-electron chi connectivity index (χ3n) is 6.79. The molecule has 0 radical (unpaired) electrons. The highest BCUT2D eigenvalue weighted by atomic mass is 16.1. The van der Waals surface area contributed by atoms with E-state index in [0.717, 1.165) is 36.5 Å². The summed E-state index contributed by atoms with van der Waals surface area (Å²) in [5.41, 5.74) is 1.50. The molecule has 0 heterocycles. The molecule has 22 heavy (non-hydrogen) atoms. The summed E-state index contributed by atoms with van der Waals surface area (Å²) in [5.74, 6) is 4.19. The summed E-state index contributed by atoms with van der Waals surface area (Å²) in [6.45, 7) is 2.33. The van der Waals surface area contributed by atoms with Gasteiger partial charge in [0.15, 0.2) is 5.78 Å². The van der Waals surface area contributed by atoms with Gasteiger partial charge in [-0.2, -0.15) is 0 Å². The molecule has 0 bridgehead atoms. The maximum atomic E-state index is 11.6. The van der Waals surface area contributed by atoms with Crippen LogP contribution in [0.3, 0.4) is 0 Å². The molecule has 3 aliphatic rings. The van der Waals surface area contributed by atoms with Gasteiger partial charge in [0.25, 0.3) is 0 Å². The smallest absolute Gasteiger partial charge is 0.155 e. The summed E-state index contributed by atoms with van der Waals surface area (Å²) >= 11 is 0. The van der Waals surface area contributed by atoms with Gasteiger partial charge in [0.1, 0.15) is 0 Å². The van der Waals surface area contributed by atoms with Crippen LogP contribution in [0.15, 0.2) is 11.6 Å². The first-order valence-electron chi connectivity index (χ1n) is 9.99. The topological polar surface area (TPSA) is 17.1 Å². The van der Waals surface area contributed by atoms with E-state index >= 15 is 0 Å². The third kappa shape index (κ3) is 4.03. The molecule has 1 heteroatoms. The summed E-state index contributed by atoms with van der Waals surface area (Å²) in [5, 5.41) is 0. The Kier molecular flexibility index (Phi) is 5.77. The van der Waals surface area contributed by atoms with Gasteiger partial charge in [0, 0.05) is 6.42 Å². The standard InChI is InChI=1S/C21H34O/c1-2-4-16-7-9-17(10-8-16)18-11-13-19(14-12-18)20-5-3-6-21(22)15-20/h15-19H,2-14H2,1H3/t16-,17-,18?,19?. The van der Waals surface area contributed by atoms with Crippen LogP contribution in [0.25, 0.3) is 0 Å². The minimum atomic E-state index is 0.387. The van der Waals surface area contributed by atoms with E-state index in [1.807, 2.05) is 6.08 Å². The van der Waals surface area contributed by atoms with Gasteiger partial charge in [0.05, 0.1) is 0 Å². The van der Waals surface area contributed by atoms with Crippen molar-refractivity contribution in [2.75, 3.05) is 0 Å². The molecule has 0 N–H and O–H groups in total. The lowest BCUT2D eigenvalue weighted by Crippen LogP contribution is -2.26. The number of rotatable bonds is 4. The van der Waals surface area contributed by atoms with Gasteiger partial charge in [-0.1, -0.05) is 38.2 Å². The lowest BCUT2D eigenvalue weighted by Gasteiger charge is -2.38. The van der Waals surface area contributed by atoms with Crippen molar-refractivity contribution in [2.45, 2.75) is 90.4 Å². The second-order valence-electron chi connectivity index (χ2n) is 8.22. The second-order valence-corrected chi connectivity index (χ2v) is 8.22. The molecular formula is C21H34O. The van der Waals surface area contributed by atoms with Crippen LogP contribution in [0.2, 0.25) is 0 Å². The molecule has 2 saturated carbocycles. The fraction of sp³-hybridized carbons (Fsp3) is 0.857. The van der Waals surface area contributed by atoms with Crippen molar-refractivity contribution in [1.29, 1.82) is 0 Å². The molecule has 1 nitrogen and oxygen atoms in total. The van der Waals surface area contributed by atoms with E-state index in [9.17, 15) is 4.79 Å². The van der Waals surface area contributed by atoms with Crippen molar-refractivity contribution < 1.29 is 4.79 Å². The van der Waals surface area contributed by atoms with Crippen LogP contribution in [-0.2, 0) is 4.79 Å². The van der Waals surface area contributed by atoms with Gasteiger partial charge in [-0.05, 0) is 81.1 Å².